The quantitative estimate of drug-likeness (QED) is 0.715. The number of halogens is 1. The third kappa shape index (κ3) is 6.94. The van der Waals surface area contributed by atoms with Crippen molar-refractivity contribution in [3.8, 4) is 5.75 Å². The Morgan fingerprint density at radius 1 is 1.11 bits per heavy atom. The van der Waals surface area contributed by atoms with Crippen LogP contribution in [0.2, 0.25) is 5.02 Å². The molecule has 0 atom stereocenters. The van der Waals surface area contributed by atoms with Gasteiger partial charge in [-0.1, -0.05) is 41.9 Å². The Morgan fingerprint density at radius 2 is 1.81 bits per heavy atom. The van der Waals surface area contributed by atoms with Gasteiger partial charge in [0.15, 0.2) is 0 Å². The normalized spacial score (nSPS) is 10.3. The molecule has 2 rings (SSSR count). The van der Waals surface area contributed by atoms with Crippen molar-refractivity contribution in [2.24, 2.45) is 0 Å². The maximum absolute atomic E-state index is 12.1. The number of carbonyl (C=O) groups is 2. The van der Waals surface area contributed by atoms with Crippen LogP contribution in [0, 0.1) is 0 Å². The van der Waals surface area contributed by atoms with Crippen LogP contribution in [0.25, 0.3) is 0 Å². The minimum Gasteiger partial charge on any atom is -0.497 e. The third-order valence-electron chi connectivity index (χ3n) is 4.27. The summed E-state index contributed by atoms with van der Waals surface area (Å²) in [6.45, 7) is 2.80. The summed E-state index contributed by atoms with van der Waals surface area (Å²) in [7, 11) is 1.63. The van der Waals surface area contributed by atoms with E-state index in [1.807, 2.05) is 42.5 Å². The first-order valence-electron chi connectivity index (χ1n) is 8.88. The number of ether oxygens (including phenoxy) is 1. The monoisotopic (exact) mass is 388 g/mol. The molecule has 0 bridgehead atoms. The molecule has 0 aliphatic heterocycles. The van der Waals surface area contributed by atoms with Gasteiger partial charge in [0.2, 0.25) is 11.8 Å². The fourth-order valence-electron chi connectivity index (χ4n) is 2.64. The van der Waals surface area contributed by atoms with Crippen LogP contribution in [-0.4, -0.2) is 36.9 Å². The minimum atomic E-state index is -0.0825. The van der Waals surface area contributed by atoms with Crippen LogP contribution < -0.4 is 10.1 Å². The van der Waals surface area contributed by atoms with Gasteiger partial charge in [0, 0.05) is 38.0 Å². The first-order valence-corrected chi connectivity index (χ1v) is 9.26. The van der Waals surface area contributed by atoms with E-state index in [2.05, 4.69) is 5.32 Å². The number of nitrogens with zero attached hydrogens (tertiary/aromatic N) is 1. The van der Waals surface area contributed by atoms with Crippen molar-refractivity contribution >= 4 is 23.4 Å². The highest BCUT2D eigenvalue weighted by atomic mass is 35.5. The Morgan fingerprint density at radius 3 is 2.44 bits per heavy atom. The molecule has 0 saturated heterocycles. The molecule has 1 N–H and O–H groups in total. The van der Waals surface area contributed by atoms with Crippen molar-refractivity contribution in [1.29, 1.82) is 0 Å². The second kappa shape index (κ2) is 10.6. The van der Waals surface area contributed by atoms with Gasteiger partial charge in [-0.25, -0.2) is 0 Å². The van der Waals surface area contributed by atoms with Crippen molar-refractivity contribution in [3.05, 3.63) is 64.7 Å². The summed E-state index contributed by atoms with van der Waals surface area (Å²) in [5.74, 6) is 0.653. The topological polar surface area (TPSA) is 58.6 Å². The molecule has 144 valence electrons. The number of hydrogen-bond donors (Lipinski definition) is 1. The van der Waals surface area contributed by atoms with Crippen molar-refractivity contribution in [3.63, 3.8) is 0 Å². The molecule has 27 heavy (non-hydrogen) atoms. The molecule has 0 fully saturated rings. The van der Waals surface area contributed by atoms with Gasteiger partial charge in [0.1, 0.15) is 5.75 Å². The maximum Gasteiger partial charge on any atom is 0.221 e. The molecular weight excluding hydrogens is 364 g/mol. The Kier molecular flexibility index (Phi) is 8.14. The zero-order valence-corrected chi connectivity index (χ0v) is 16.5. The van der Waals surface area contributed by atoms with Crippen molar-refractivity contribution < 1.29 is 14.3 Å². The maximum atomic E-state index is 12.1. The average molecular weight is 389 g/mol. The summed E-state index contributed by atoms with van der Waals surface area (Å²) in [5, 5.41) is 3.51. The van der Waals surface area contributed by atoms with Gasteiger partial charge in [0.25, 0.3) is 0 Å². The van der Waals surface area contributed by atoms with E-state index in [0.717, 1.165) is 23.3 Å². The van der Waals surface area contributed by atoms with Crippen LogP contribution in [0.5, 0.6) is 5.75 Å². The second-order valence-corrected chi connectivity index (χ2v) is 6.64. The first kappa shape index (κ1) is 20.8. The number of hydrogen-bond acceptors (Lipinski definition) is 3. The Bertz CT molecular complexity index is 762. The lowest BCUT2D eigenvalue weighted by Crippen LogP contribution is -2.34. The lowest BCUT2D eigenvalue weighted by molar-refractivity contribution is -0.130. The Balaban J connectivity index is 1.76. The van der Waals surface area contributed by atoms with Gasteiger partial charge >= 0.3 is 0 Å². The van der Waals surface area contributed by atoms with Gasteiger partial charge < -0.3 is 15.0 Å². The van der Waals surface area contributed by atoms with E-state index in [0.29, 0.717) is 24.7 Å². The highest BCUT2D eigenvalue weighted by Crippen LogP contribution is 2.17. The van der Waals surface area contributed by atoms with Crippen LogP contribution >= 0.6 is 11.6 Å². The van der Waals surface area contributed by atoms with Gasteiger partial charge in [-0.15, -0.1) is 0 Å². The van der Waals surface area contributed by atoms with E-state index in [1.54, 1.807) is 18.1 Å². The molecule has 6 heteroatoms. The molecule has 0 aliphatic rings. The number of carbonyl (C=O) groups excluding carboxylic acids is 2. The largest absolute Gasteiger partial charge is 0.497 e. The summed E-state index contributed by atoms with van der Waals surface area (Å²) in [5.41, 5.74) is 1.99. The van der Waals surface area contributed by atoms with Crippen molar-refractivity contribution in [2.45, 2.75) is 26.3 Å². The molecule has 2 amide bonds. The molecule has 0 aliphatic carbocycles. The molecule has 2 aromatic rings. The SMILES string of the molecule is COc1ccc(CCNC(=O)CCN(Cc2ccccc2Cl)C(C)=O)cc1. The minimum absolute atomic E-state index is 0.0751. The molecule has 0 unspecified atom stereocenters. The molecule has 0 aromatic heterocycles. The zero-order valence-electron chi connectivity index (χ0n) is 15.7. The molecule has 0 radical (unpaired) electrons. The molecule has 5 nitrogen and oxygen atoms in total. The predicted octanol–water partition coefficient (Wildman–Crippen LogP) is 3.45. The van der Waals surface area contributed by atoms with Crippen molar-refractivity contribution in [2.75, 3.05) is 20.2 Å². The van der Waals surface area contributed by atoms with Gasteiger partial charge in [-0.3, -0.25) is 9.59 Å². The summed E-state index contributed by atoms with van der Waals surface area (Å²) in [6.07, 6.45) is 0.998. The van der Waals surface area contributed by atoms with E-state index < -0.39 is 0 Å². The molecule has 2 aromatic carbocycles. The van der Waals surface area contributed by atoms with Gasteiger partial charge in [-0.2, -0.15) is 0 Å². The standard InChI is InChI=1S/C21H25ClN2O3/c1-16(25)24(15-18-5-3-4-6-20(18)22)14-12-21(26)23-13-11-17-7-9-19(27-2)10-8-17/h3-10H,11-15H2,1-2H3,(H,23,26). The summed E-state index contributed by atoms with van der Waals surface area (Å²) < 4.78 is 5.13. The predicted molar refractivity (Wildman–Crippen MR) is 107 cm³/mol. The molecule has 0 heterocycles. The summed E-state index contributed by atoms with van der Waals surface area (Å²) in [6, 6.07) is 15.2. The number of benzene rings is 2. The van der Waals surface area contributed by atoms with E-state index in [4.69, 9.17) is 16.3 Å². The Labute approximate surface area is 165 Å². The molecular formula is C21H25ClN2O3. The number of methoxy groups -OCH3 is 1. The highest BCUT2D eigenvalue weighted by Gasteiger charge is 2.13. The zero-order chi connectivity index (χ0) is 19.6. The van der Waals surface area contributed by atoms with Crippen LogP contribution in [0.3, 0.4) is 0 Å². The van der Waals surface area contributed by atoms with Gasteiger partial charge in [-0.05, 0) is 35.7 Å². The van der Waals surface area contributed by atoms with E-state index in [1.165, 1.54) is 6.92 Å². The van der Waals surface area contributed by atoms with Crippen LogP contribution in [-0.2, 0) is 22.6 Å². The van der Waals surface area contributed by atoms with E-state index in [9.17, 15) is 9.59 Å². The number of rotatable bonds is 9. The highest BCUT2D eigenvalue weighted by molar-refractivity contribution is 6.31. The molecule has 0 spiro atoms. The summed E-state index contributed by atoms with van der Waals surface area (Å²) >= 11 is 6.16. The molecule has 0 saturated carbocycles. The van der Waals surface area contributed by atoms with Gasteiger partial charge in [0.05, 0.1) is 7.11 Å². The first-order chi connectivity index (χ1) is 13.0. The fraction of sp³-hybridized carbons (Fsp3) is 0.333. The smallest absolute Gasteiger partial charge is 0.221 e. The lowest BCUT2D eigenvalue weighted by Gasteiger charge is -2.21. The third-order valence-corrected chi connectivity index (χ3v) is 4.64. The van der Waals surface area contributed by atoms with E-state index in [-0.39, 0.29) is 18.2 Å². The van der Waals surface area contributed by atoms with E-state index >= 15 is 0 Å². The number of amides is 2. The summed E-state index contributed by atoms with van der Waals surface area (Å²) in [4.78, 5) is 25.6. The van der Waals surface area contributed by atoms with Crippen molar-refractivity contribution in [1.82, 2.24) is 10.2 Å². The lowest BCUT2D eigenvalue weighted by atomic mass is 10.1. The second-order valence-electron chi connectivity index (χ2n) is 6.23. The Hall–Kier alpha value is -2.53. The van der Waals surface area contributed by atoms with Crippen LogP contribution in [0.1, 0.15) is 24.5 Å². The number of nitrogens with one attached hydrogen (secondary N) is 1. The fourth-order valence-corrected chi connectivity index (χ4v) is 2.84. The van der Waals surface area contributed by atoms with Crippen LogP contribution in [0.4, 0.5) is 0 Å². The average Bonchev–Trinajstić information content (AvgIpc) is 2.66. The van der Waals surface area contributed by atoms with Crippen LogP contribution in [0.15, 0.2) is 48.5 Å².